The quantitative estimate of drug-likeness (QED) is 0.318. The third-order valence-electron chi connectivity index (χ3n) is 17.6. The molecule has 2 N–H and O–H groups in total. The van der Waals surface area contributed by atoms with Gasteiger partial charge in [0, 0.05) is 31.8 Å². The van der Waals surface area contributed by atoms with Gasteiger partial charge in [-0.1, -0.05) is 34.6 Å². The van der Waals surface area contributed by atoms with Crippen molar-refractivity contribution in [2.75, 3.05) is 26.2 Å². The van der Waals surface area contributed by atoms with E-state index >= 15 is 0 Å². The summed E-state index contributed by atoms with van der Waals surface area (Å²) < 4.78 is 19.9. The third-order valence-corrected chi connectivity index (χ3v) is 17.6. The molecule has 0 aromatic heterocycles. The van der Waals surface area contributed by atoms with E-state index in [0.29, 0.717) is 43.9 Å². The summed E-state index contributed by atoms with van der Waals surface area (Å²) in [4.78, 5) is 41.2. The van der Waals surface area contributed by atoms with E-state index in [1.54, 1.807) is 13.8 Å². The molecule has 292 valence electrons. The van der Waals surface area contributed by atoms with Gasteiger partial charge in [0.1, 0.15) is 5.54 Å². The Morgan fingerprint density at radius 2 is 1.67 bits per heavy atom. The Kier molecular flexibility index (Phi) is 8.67. The van der Waals surface area contributed by atoms with Gasteiger partial charge in [0.2, 0.25) is 11.8 Å². The van der Waals surface area contributed by atoms with E-state index in [4.69, 9.17) is 14.2 Å². The minimum atomic E-state index is -1.35. The Morgan fingerprint density at radius 1 is 0.981 bits per heavy atom. The number of aliphatic hydroxyl groups excluding tert-OH is 1. The maximum Gasteiger partial charge on any atom is 0.329 e. The zero-order valence-corrected chi connectivity index (χ0v) is 33.1. The van der Waals surface area contributed by atoms with E-state index in [0.717, 1.165) is 38.5 Å². The Balaban J connectivity index is 0.992. The van der Waals surface area contributed by atoms with Crippen molar-refractivity contribution < 1.29 is 38.8 Å². The lowest BCUT2D eigenvalue weighted by atomic mass is 9.41. The molecule has 10 nitrogen and oxygen atoms in total. The number of morpholine rings is 1. The summed E-state index contributed by atoms with van der Waals surface area (Å²) in [6.07, 6.45) is 10.1. The van der Waals surface area contributed by atoms with Crippen LogP contribution in [-0.4, -0.2) is 100 Å². The molecule has 0 aromatic rings. The molecule has 0 aromatic carbocycles. The zero-order chi connectivity index (χ0) is 37.4. The predicted molar refractivity (Wildman–Crippen MR) is 194 cm³/mol. The highest BCUT2D eigenvalue weighted by Gasteiger charge is 2.84. The molecule has 2 saturated heterocycles. The SMILES string of the molecule is CC(=O)N(CC1CC(C)C2C(O1)C(O)C1(C)C3CCC4C(C)(C)C(OC5CN(C(=O)CC6CC6)CCO5)CCC45CC35CCC21C)C(C)(C)C(=O)O. The van der Waals surface area contributed by atoms with Crippen LogP contribution in [0.25, 0.3) is 0 Å². The van der Waals surface area contributed by atoms with E-state index in [9.17, 15) is 24.6 Å². The van der Waals surface area contributed by atoms with Gasteiger partial charge in [-0.15, -0.1) is 0 Å². The minimum Gasteiger partial charge on any atom is -0.480 e. The van der Waals surface area contributed by atoms with Crippen LogP contribution in [0.5, 0.6) is 0 Å². The van der Waals surface area contributed by atoms with E-state index in [-0.39, 0.29) is 81.9 Å². The number of carbonyl (C=O) groups is 3. The van der Waals surface area contributed by atoms with Crippen molar-refractivity contribution in [1.29, 1.82) is 0 Å². The van der Waals surface area contributed by atoms with Crippen LogP contribution in [0.15, 0.2) is 0 Å². The molecule has 0 bridgehead atoms. The van der Waals surface area contributed by atoms with Gasteiger partial charge in [0.25, 0.3) is 0 Å². The van der Waals surface area contributed by atoms with Gasteiger partial charge in [0.05, 0.1) is 37.6 Å². The topological polar surface area (TPSA) is 126 Å². The molecule has 6 aliphatic carbocycles. The largest absolute Gasteiger partial charge is 0.480 e. The molecule has 13 atom stereocenters. The maximum absolute atomic E-state index is 12.9. The van der Waals surface area contributed by atoms with Crippen LogP contribution < -0.4 is 0 Å². The van der Waals surface area contributed by atoms with Crippen LogP contribution in [0.1, 0.15) is 126 Å². The van der Waals surface area contributed by atoms with Crippen LogP contribution in [0, 0.1) is 56.7 Å². The fourth-order valence-corrected chi connectivity index (χ4v) is 14.6. The van der Waals surface area contributed by atoms with Gasteiger partial charge in [-0.25, -0.2) is 4.79 Å². The van der Waals surface area contributed by atoms with Crippen molar-refractivity contribution in [3.63, 3.8) is 0 Å². The lowest BCUT2D eigenvalue weighted by molar-refractivity contribution is -0.248. The monoisotopic (exact) mass is 726 g/mol. The lowest BCUT2D eigenvalue weighted by Crippen LogP contribution is -2.60. The average Bonchev–Trinajstić information content (AvgIpc) is 4.00. The summed E-state index contributed by atoms with van der Waals surface area (Å²) in [7, 11) is 0. The smallest absolute Gasteiger partial charge is 0.329 e. The summed E-state index contributed by atoms with van der Waals surface area (Å²) in [5, 5.41) is 22.6. The molecular formula is C42H66N2O8. The average molecular weight is 727 g/mol. The predicted octanol–water partition coefficient (Wildman–Crippen LogP) is 5.88. The van der Waals surface area contributed by atoms with Crippen LogP contribution >= 0.6 is 0 Å². The first kappa shape index (κ1) is 37.2. The normalized spacial score (nSPS) is 47.6. The Morgan fingerprint density at radius 3 is 2.35 bits per heavy atom. The van der Waals surface area contributed by atoms with Crippen molar-refractivity contribution in [2.45, 2.75) is 162 Å². The highest BCUT2D eigenvalue weighted by atomic mass is 16.7. The van der Waals surface area contributed by atoms with E-state index in [1.807, 2.05) is 4.90 Å². The fourth-order valence-electron chi connectivity index (χ4n) is 14.6. The van der Waals surface area contributed by atoms with Gasteiger partial charge in [-0.3, -0.25) is 9.59 Å². The van der Waals surface area contributed by atoms with E-state index in [2.05, 4.69) is 34.6 Å². The van der Waals surface area contributed by atoms with E-state index in [1.165, 1.54) is 37.5 Å². The molecule has 10 heteroatoms. The van der Waals surface area contributed by atoms with Crippen LogP contribution in [0.2, 0.25) is 0 Å². The molecule has 2 heterocycles. The Bertz CT molecular complexity index is 1480. The first-order valence-corrected chi connectivity index (χ1v) is 20.7. The molecule has 8 fully saturated rings. The van der Waals surface area contributed by atoms with Crippen molar-refractivity contribution in [1.82, 2.24) is 9.80 Å². The van der Waals surface area contributed by atoms with Gasteiger partial charge < -0.3 is 34.2 Å². The highest BCUT2D eigenvalue weighted by Crippen LogP contribution is 2.89. The highest BCUT2D eigenvalue weighted by molar-refractivity contribution is 5.85. The number of hydrogen-bond donors (Lipinski definition) is 2. The number of fused-ring (bicyclic) bond motifs is 4. The molecule has 6 saturated carbocycles. The number of aliphatic carboxylic acids is 1. The Labute approximate surface area is 311 Å². The number of aliphatic hydroxyl groups is 1. The molecule has 2 aliphatic heterocycles. The molecule has 52 heavy (non-hydrogen) atoms. The van der Waals surface area contributed by atoms with Crippen molar-refractivity contribution >= 4 is 17.8 Å². The summed E-state index contributed by atoms with van der Waals surface area (Å²) in [6, 6.07) is 0. The van der Waals surface area contributed by atoms with Gasteiger partial charge >= 0.3 is 5.97 Å². The van der Waals surface area contributed by atoms with Crippen molar-refractivity contribution in [2.24, 2.45) is 56.7 Å². The lowest BCUT2D eigenvalue weighted by Gasteiger charge is -2.64. The summed E-state index contributed by atoms with van der Waals surface area (Å²) in [5.41, 5.74) is -1.28. The number of carbonyl (C=O) groups excluding carboxylic acids is 2. The van der Waals surface area contributed by atoms with Gasteiger partial charge in [-0.05, 0) is 129 Å². The molecule has 0 radical (unpaired) electrons. The molecular weight excluding hydrogens is 660 g/mol. The minimum absolute atomic E-state index is 0.0303. The standard InChI is InChI=1S/C42H66N2O8/c1-24-19-27(21-44(25(2)45)38(5,6)36(48)49)51-34-33(24)39(7)15-16-42-23-41(42)14-13-30(37(3,4)28(41)11-12-29(42)40(39,8)35(34)47)52-32-22-43(17-18-50-32)31(46)20-26-9-10-26/h24,26-30,32-35,47H,9-23H2,1-8H3,(H,48,49). The number of amides is 2. The second kappa shape index (κ2) is 12.1. The van der Waals surface area contributed by atoms with Crippen molar-refractivity contribution in [3.05, 3.63) is 0 Å². The second-order valence-corrected chi connectivity index (χ2v) is 20.5. The second-order valence-electron chi connectivity index (χ2n) is 20.5. The first-order valence-electron chi connectivity index (χ1n) is 20.7. The third kappa shape index (κ3) is 5.11. The van der Waals surface area contributed by atoms with Crippen LogP contribution in [-0.2, 0) is 28.6 Å². The van der Waals surface area contributed by atoms with Crippen molar-refractivity contribution in [3.8, 4) is 0 Å². The molecule has 8 aliphatic rings. The molecule has 13 unspecified atom stereocenters. The molecule has 8 rings (SSSR count). The van der Waals surface area contributed by atoms with Gasteiger partial charge in [0.15, 0.2) is 6.29 Å². The molecule has 2 amide bonds. The number of rotatable bonds is 8. The van der Waals surface area contributed by atoms with Gasteiger partial charge in [-0.2, -0.15) is 0 Å². The number of ether oxygens (including phenoxy) is 3. The summed E-state index contributed by atoms with van der Waals surface area (Å²) in [5.74, 6) is 0.940. The Hall–Kier alpha value is -1.75. The van der Waals surface area contributed by atoms with Crippen LogP contribution in [0.3, 0.4) is 0 Å². The number of hydrogen-bond acceptors (Lipinski definition) is 7. The summed E-state index contributed by atoms with van der Waals surface area (Å²) in [6.45, 7) is 18.5. The fraction of sp³-hybridized carbons (Fsp3) is 0.929. The zero-order valence-electron chi connectivity index (χ0n) is 33.1. The maximum atomic E-state index is 12.9. The first-order chi connectivity index (χ1) is 24.3. The number of carboxylic acids is 1. The number of nitrogens with zero attached hydrogens (tertiary/aromatic N) is 2. The molecule has 2 spiro atoms. The summed E-state index contributed by atoms with van der Waals surface area (Å²) >= 11 is 0. The van der Waals surface area contributed by atoms with E-state index < -0.39 is 17.6 Å². The number of carboxylic acid groups (broad SMARTS) is 1. The van der Waals surface area contributed by atoms with Crippen LogP contribution in [0.4, 0.5) is 0 Å².